The van der Waals surface area contributed by atoms with Crippen molar-refractivity contribution >= 4 is 15.1 Å². The molecule has 1 N–H and O–H groups in total. The molecule has 8 heteroatoms. The van der Waals surface area contributed by atoms with Gasteiger partial charge in [0.1, 0.15) is 6.10 Å². The molecule has 0 bridgehead atoms. The second kappa shape index (κ2) is 15.8. The van der Waals surface area contributed by atoms with E-state index in [2.05, 4.69) is 13.8 Å². The van der Waals surface area contributed by atoms with Crippen LogP contribution < -0.4 is 0 Å². The van der Waals surface area contributed by atoms with Crippen LogP contribution >= 0.6 is 7.82 Å². The molecule has 4 atom stereocenters. The van der Waals surface area contributed by atoms with E-state index in [4.69, 9.17) is 18.5 Å². The van der Waals surface area contributed by atoms with Crippen molar-refractivity contribution in [3.05, 3.63) is 0 Å². The van der Waals surface area contributed by atoms with Crippen LogP contribution in [0.15, 0.2) is 0 Å². The Morgan fingerprint density at radius 3 is 2.19 bits per heavy atom. The van der Waals surface area contributed by atoms with Crippen molar-refractivity contribution in [2.45, 2.75) is 136 Å². The minimum absolute atomic E-state index is 0.00446. The highest BCUT2D eigenvalue weighted by Gasteiger charge is 2.38. The summed E-state index contributed by atoms with van der Waals surface area (Å²) in [5, 5.41) is 0. The Kier molecular flexibility index (Phi) is 14.9. The summed E-state index contributed by atoms with van der Waals surface area (Å²) in [4.78, 5) is 9.84. The van der Waals surface area contributed by atoms with Gasteiger partial charge in [0, 0.05) is 6.00 Å². The van der Waals surface area contributed by atoms with Crippen molar-refractivity contribution in [3.63, 3.8) is 0 Å². The first kappa shape index (κ1) is 29.1. The fourth-order valence-electron chi connectivity index (χ4n) is 4.31. The third kappa shape index (κ3) is 13.4. The Morgan fingerprint density at radius 1 is 1.03 bits per heavy atom. The molecule has 1 saturated heterocycles. The van der Waals surface area contributed by atoms with Gasteiger partial charge >= 0.3 is 7.82 Å². The molecule has 31 heavy (non-hydrogen) atoms. The molecule has 184 valence electrons. The molecule has 0 aliphatic carbocycles. The monoisotopic (exact) mass is 462 g/mol. The van der Waals surface area contributed by atoms with Gasteiger partial charge in [-0.1, -0.05) is 71.5 Å². The van der Waals surface area contributed by atoms with E-state index < -0.39 is 7.82 Å². The molecule has 1 aliphatic rings. The molecule has 0 spiro atoms. The summed E-state index contributed by atoms with van der Waals surface area (Å²) in [5.41, 5.74) is 0. The molecule has 2 unspecified atom stereocenters. The second-order valence-corrected chi connectivity index (χ2v) is 11.0. The SMILES string of the molecule is CCCCC(CCCC)CCCB[C@H]1CC(OC(C)C)[C@@H](COP(=O)(O)OC(C)C)O1. The van der Waals surface area contributed by atoms with Gasteiger partial charge in [0.05, 0.1) is 24.9 Å². The summed E-state index contributed by atoms with van der Waals surface area (Å²) in [6.45, 7) is 11.9. The van der Waals surface area contributed by atoms with E-state index in [0.29, 0.717) is 0 Å². The third-order valence-electron chi connectivity index (χ3n) is 5.79. The lowest BCUT2D eigenvalue weighted by molar-refractivity contribution is -0.0590. The average Bonchev–Trinajstić information content (AvgIpc) is 3.05. The van der Waals surface area contributed by atoms with E-state index in [1.165, 1.54) is 51.4 Å². The van der Waals surface area contributed by atoms with Crippen molar-refractivity contribution in [2.24, 2.45) is 5.92 Å². The molecule has 1 fully saturated rings. The van der Waals surface area contributed by atoms with Crippen molar-refractivity contribution in [3.8, 4) is 0 Å². The van der Waals surface area contributed by atoms with Crippen molar-refractivity contribution in [2.75, 3.05) is 6.61 Å². The lowest BCUT2D eigenvalue weighted by Gasteiger charge is -2.22. The van der Waals surface area contributed by atoms with Crippen LogP contribution in [0.1, 0.15) is 99.3 Å². The highest BCUT2D eigenvalue weighted by molar-refractivity contribution is 7.47. The van der Waals surface area contributed by atoms with E-state index >= 15 is 0 Å². The van der Waals surface area contributed by atoms with Crippen LogP contribution in [0, 0.1) is 5.92 Å². The van der Waals surface area contributed by atoms with Crippen LogP contribution in [0.4, 0.5) is 0 Å². The standard InChI is InChI=1S/C23H48BO6P/c1-7-9-12-20(13-10-8-2)14-11-15-24-23-16-21(28-18(3)4)22(29-23)17-27-31(25,26)30-19(5)6/h18-24H,7-17H2,1-6H3,(H,25,26)/t21?,22-,23-/m1/s1. The first-order chi connectivity index (χ1) is 14.7. The Balaban J connectivity index is 2.46. The Bertz CT molecular complexity index is 496. The maximum atomic E-state index is 12.0. The zero-order valence-corrected chi connectivity index (χ0v) is 21.8. The van der Waals surface area contributed by atoms with E-state index in [9.17, 15) is 9.46 Å². The predicted molar refractivity (Wildman–Crippen MR) is 129 cm³/mol. The van der Waals surface area contributed by atoms with Crippen LogP contribution in [-0.4, -0.2) is 49.2 Å². The molecular weight excluding hydrogens is 414 g/mol. The van der Waals surface area contributed by atoms with Crippen LogP contribution in [0.3, 0.4) is 0 Å². The van der Waals surface area contributed by atoms with Gasteiger partial charge in [-0.3, -0.25) is 9.05 Å². The first-order valence-electron chi connectivity index (χ1n) is 12.6. The number of unbranched alkanes of at least 4 members (excludes halogenated alkanes) is 2. The van der Waals surface area contributed by atoms with Crippen molar-refractivity contribution < 1.29 is 28.0 Å². The van der Waals surface area contributed by atoms with Gasteiger partial charge in [0.25, 0.3) is 0 Å². The number of phosphoric ester groups is 1. The number of hydrogen-bond donors (Lipinski definition) is 1. The topological polar surface area (TPSA) is 74.2 Å². The van der Waals surface area contributed by atoms with Gasteiger partial charge in [0.15, 0.2) is 7.28 Å². The molecule has 0 aromatic rings. The quantitative estimate of drug-likeness (QED) is 0.151. The molecule has 0 amide bonds. The van der Waals surface area contributed by atoms with Gasteiger partial charge in [-0.2, -0.15) is 0 Å². The third-order valence-corrected chi connectivity index (χ3v) is 6.95. The van der Waals surface area contributed by atoms with Crippen LogP contribution in [0.2, 0.25) is 6.32 Å². The lowest BCUT2D eigenvalue weighted by atomic mass is 9.65. The van der Waals surface area contributed by atoms with E-state index in [1.54, 1.807) is 13.8 Å². The zero-order valence-electron chi connectivity index (χ0n) is 20.9. The smallest absolute Gasteiger partial charge is 0.378 e. The Hall–Kier alpha value is 0.0949. The lowest BCUT2D eigenvalue weighted by Crippen LogP contribution is -2.31. The first-order valence-corrected chi connectivity index (χ1v) is 14.1. The minimum atomic E-state index is -4.07. The molecule has 1 heterocycles. The van der Waals surface area contributed by atoms with E-state index in [0.717, 1.165) is 25.9 Å². The van der Waals surface area contributed by atoms with Crippen molar-refractivity contribution in [1.82, 2.24) is 0 Å². The Morgan fingerprint density at radius 2 is 1.65 bits per heavy atom. The molecule has 0 aromatic carbocycles. The van der Waals surface area contributed by atoms with Crippen LogP contribution in [0.5, 0.6) is 0 Å². The number of rotatable bonds is 18. The number of ether oxygens (including phenoxy) is 2. The predicted octanol–water partition coefficient (Wildman–Crippen LogP) is 6.07. The molecule has 6 nitrogen and oxygen atoms in total. The summed E-state index contributed by atoms with van der Waals surface area (Å²) in [6.07, 6.45) is 11.7. The maximum Gasteiger partial charge on any atom is 0.472 e. The highest BCUT2D eigenvalue weighted by atomic mass is 31.2. The summed E-state index contributed by atoms with van der Waals surface area (Å²) in [6, 6.07) is 0.117. The molecule has 1 aliphatic heterocycles. The Labute approximate surface area is 192 Å². The van der Waals surface area contributed by atoms with Gasteiger partial charge in [-0.15, -0.1) is 0 Å². The molecule has 0 aromatic heterocycles. The van der Waals surface area contributed by atoms with Gasteiger partial charge in [0.2, 0.25) is 0 Å². The molecule has 0 radical (unpaired) electrons. The zero-order chi connectivity index (χ0) is 23.3. The number of phosphoric acid groups is 1. The van der Waals surface area contributed by atoms with E-state index in [1.807, 2.05) is 13.8 Å². The minimum Gasteiger partial charge on any atom is -0.378 e. The number of hydrogen-bond acceptors (Lipinski definition) is 5. The maximum absolute atomic E-state index is 12.0. The fraction of sp³-hybridized carbons (Fsp3) is 1.00. The van der Waals surface area contributed by atoms with Gasteiger partial charge in [-0.05, 0) is 40.0 Å². The van der Waals surface area contributed by atoms with Crippen LogP contribution in [0.25, 0.3) is 0 Å². The largest absolute Gasteiger partial charge is 0.472 e. The summed E-state index contributed by atoms with van der Waals surface area (Å²) in [7, 11) is -3.07. The molecular formula is C23H48BO6P. The molecule has 0 saturated carbocycles. The van der Waals surface area contributed by atoms with Gasteiger partial charge in [-0.25, -0.2) is 4.57 Å². The van der Waals surface area contributed by atoms with E-state index in [-0.39, 0.29) is 37.0 Å². The summed E-state index contributed by atoms with van der Waals surface area (Å²) in [5.74, 6) is 0.863. The normalized spacial score (nSPS) is 23.7. The average molecular weight is 462 g/mol. The highest BCUT2D eigenvalue weighted by Crippen LogP contribution is 2.45. The summed E-state index contributed by atoms with van der Waals surface area (Å²) >= 11 is 0. The fourth-order valence-corrected chi connectivity index (χ4v) is 5.24. The van der Waals surface area contributed by atoms with Crippen molar-refractivity contribution in [1.29, 1.82) is 0 Å². The second-order valence-electron chi connectivity index (χ2n) is 9.61. The molecule has 1 rings (SSSR count). The van der Waals surface area contributed by atoms with Crippen LogP contribution in [-0.2, 0) is 23.1 Å². The van der Waals surface area contributed by atoms with Gasteiger partial charge < -0.3 is 14.4 Å². The summed E-state index contributed by atoms with van der Waals surface area (Å²) < 4.78 is 34.4.